The molecule has 0 aliphatic carbocycles. The number of carbonyl (C=O) groups excluding carboxylic acids is 1. The molecule has 3 rings (SSSR count). The number of aryl methyl sites for hydroxylation is 1. The first-order chi connectivity index (χ1) is 11.6. The molecule has 24 heavy (non-hydrogen) atoms. The van der Waals surface area contributed by atoms with Crippen molar-refractivity contribution >= 4 is 17.3 Å². The number of anilines is 2. The standard InChI is InChI=1S/C19H22FN3O/c1-15-7-8-16(20)13-18(15)21-19(24)14-22-9-11-23(12-10-22)17-5-3-2-4-6-17/h2-8,13H,9-12,14H2,1H3,(H,21,24). The van der Waals surface area contributed by atoms with Crippen LogP contribution in [0.4, 0.5) is 15.8 Å². The Bertz CT molecular complexity index is 697. The van der Waals surface area contributed by atoms with Crippen LogP contribution in [0.1, 0.15) is 5.56 Å². The Labute approximate surface area is 141 Å². The van der Waals surface area contributed by atoms with Gasteiger partial charge in [-0.05, 0) is 36.8 Å². The Morgan fingerprint density at radius 3 is 2.50 bits per heavy atom. The van der Waals surface area contributed by atoms with Gasteiger partial charge in [0.2, 0.25) is 5.91 Å². The molecule has 2 aromatic carbocycles. The molecule has 1 saturated heterocycles. The molecule has 0 spiro atoms. The zero-order valence-electron chi connectivity index (χ0n) is 13.8. The largest absolute Gasteiger partial charge is 0.369 e. The molecule has 126 valence electrons. The summed E-state index contributed by atoms with van der Waals surface area (Å²) in [4.78, 5) is 16.7. The minimum Gasteiger partial charge on any atom is -0.369 e. The number of carbonyl (C=O) groups is 1. The lowest BCUT2D eigenvalue weighted by atomic mass is 10.2. The Kier molecular flexibility index (Phi) is 5.11. The van der Waals surface area contributed by atoms with Crippen LogP contribution in [0, 0.1) is 12.7 Å². The van der Waals surface area contributed by atoms with Crippen molar-refractivity contribution in [2.45, 2.75) is 6.92 Å². The van der Waals surface area contributed by atoms with E-state index in [4.69, 9.17) is 0 Å². The fourth-order valence-corrected chi connectivity index (χ4v) is 2.92. The monoisotopic (exact) mass is 327 g/mol. The maximum Gasteiger partial charge on any atom is 0.238 e. The second-order valence-electron chi connectivity index (χ2n) is 6.11. The zero-order chi connectivity index (χ0) is 16.9. The van der Waals surface area contributed by atoms with Crippen molar-refractivity contribution in [3.63, 3.8) is 0 Å². The van der Waals surface area contributed by atoms with Crippen molar-refractivity contribution < 1.29 is 9.18 Å². The lowest BCUT2D eigenvalue weighted by Crippen LogP contribution is -2.48. The molecule has 1 N–H and O–H groups in total. The predicted octanol–water partition coefficient (Wildman–Crippen LogP) is 2.89. The summed E-state index contributed by atoms with van der Waals surface area (Å²) in [6, 6.07) is 14.7. The Balaban J connectivity index is 1.51. The molecule has 0 unspecified atom stereocenters. The van der Waals surface area contributed by atoms with E-state index < -0.39 is 0 Å². The number of hydrogen-bond donors (Lipinski definition) is 1. The number of nitrogens with one attached hydrogen (secondary N) is 1. The quantitative estimate of drug-likeness (QED) is 0.938. The van der Waals surface area contributed by atoms with E-state index in [0.717, 1.165) is 31.7 Å². The van der Waals surface area contributed by atoms with Crippen molar-refractivity contribution in [2.75, 3.05) is 42.9 Å². The SMILES string of the molecule is Cc1ccc(F)cc1NC(=O)CN1CCN(c2ccccc2)CC1. The summed E-state index contributed by atoms with van der Waals surface area (Å²) >= 11 is 0. The van der Waals surface area contributed by atoms with Gasteiger partial charge in [-0.2, -0.15) is 0 Å². The number of rotatable bonds is 4. The maximum atomic E-state index is 13.3. The van der Waals surface area contributed by atoms with E-state index in [1.807, 2.05) is 25.1 Å². The summed E-state index contributed by atoms with van der Waals surface area (Å²) in [5.41, 5.74) is 2.62. The molecule has 1 aliphatic heterocycles. The molecular formula is C19H22FN3O. The van der Waals surface area contributed by atoms with Crippen LogP contribution in [-0.4, -0.2) is 43.5 Å². The summed E-state index contributed by atoms with van der Waals surface area (Å²) in [7, 11) is 0. The van der Waals surface area contributed by atoms with E-state index in [9.17, 15) is 9.18 Å². The van der Waals surface area contributed by atoms with Crippen LogP contribution >= 0.6 is 0 Å². The van der Waals surface area contributed by atoms with E-state index in [0.29, 0.717) is 12.2 Å². The fraction of sp³-hybridized carbons (Fsp3) is 0.316. The Morgan fingerprint density at radius 1 is 1.08 bits per heavy atom. The maximum absolute atomic E-state index is 13.3. The first-order valence-electron chi connectivity index (χ1n) is 8.20. The van der Waals surface area contributed by atoms with Gasteiger partial charge in [-0.25, -0.2) is 4.39 Å². The van der Waals surface area contributed by atoms with Gasteiger partial charge in [-0.3, -0.25) is 9.69 Å². The normalized spacial score (nSPS) is 15.3. The highest BCUT2D eigenvalue weighted by atomic mass is 19.1. The third-order valence-corrected chi connectivity index (χ3v) is 4.33. The van der Waals surface area contributed by atoms with Crippen molar-refractivity contribution in [3.8, 4) is 0 Å². The second-order valence-corrected chi connectivity index (χ2v) is 6.11. The summed E-state index contributed by atoms with van der Waals surface area (Å²) in [6.07, 6.45) is 0. The molecule has 1 amide bonds. The molecule has 1 aliphatic rings. The molecule has 2 aromatic rings. The Hall–Kier alpha value is -2.40. The van der Waals surface area contributed by atoms with Crippen LogP contribution in [-0.2, 0) is 4.79 Å². The van der Waals surface area contributed by atoms with E-state index in [1.165, 1.54) is 17.8 Å². The van der Waals surface area contributed by atoms with Gasteiger partial charge in [-0.1, -0.05) is 24.3 Å². The highest BCUT2D eigenvalue weighted by Crippen LogP contribution is 2.17. The third-order valence-electron chi connectivity index (χ3n) is 4.33. The first kappa shape index (κ1) is 16.5. The molecule has 0 bridgehead atoms. The minimum atomic E-state index is -0.340. The van der Waals surface area contributed by atoms with Gasteiger partial charge in [0, 0.05) is 37.6 Å². The second kappa shape index (κ2) is 7.45. The van der Waals surface area contributed by atoms with E-state index >= 15 is 0 Å². The van der Waals surface area contributed by atoms with Crippen LogP contribution in [0.3, 0.4) is 0 Å². The molecule has 0 aromatic heterocycles. The molecule has 0 radical (unpaired) electrons. The lowest BCUT2D eigenvalue weighted by molar-refractivity contribution is -0.117. The summed E-state index contributed by atoms with van der Waals surface area (Å²) in [5.74, 6) is -0.441. The first-order valence-corrected chi connectivity index (χ1v) is 8.20. The van der Waals surface area contributed by atoms with Crippen molar-refractivity contribution in [3.05, 3.63) is 59.9 Å². The molecule has 1 fully saturated rings. The van der Waals surface area contributed by atoms with Crippen LogP contribution < -0.4 is 10.2 Å². The number of nitrogens with zero attached hydrogens (tertiary/aromatic N) is 2. The van der Waals surface area contributed by atoms with E-state index in [2.05, 4.69) is 27.2 Å². The molecule has 1 heterocycles. The number of halogens is 1. The van der Waals surface area contributed by atoms with E-state index in [1.54, 1.807) is 6.07 Å². The average Bonchev–Trinajstić information content (AvgIpc) is 2.59. The van der Waals surface area contributed by atoms with Crippen molar-refractivity contribution in [1.29, 1.82) is 0 Å². The smallest absolute Gasteiger partial charge is 0.238 e. The van der Waals surface area contributed by atoms with Crippen LogP contribution in [0.15, 0.2) is 48.5 Å². The predicted molar refractivity (Wildman–Crippen MR) is 94.9 cm³/mol. The van der Waals surface area contributed by atoms with Crippen LogP contribution in [0.25, 0.3) is 0 Å². The zero-order valence-corrected chi connectivity index (χ0v) is 13.8. The number of piperazine rings is 1. The van der Waals surface area contributed by atoms with Gasteiger partial charge < -0.3 is 10.2 Å². The molecular weight excluding hydrogens is 305 g/mol. The topological polar surface area (TPSA) is 35.6 Å². The van der Waals surface area contributed by atoms with E-state index in [-0.39, 0.29) is 11.7 Å². The summed E-state index contributed by atoms with van der Waals surface area (Å²) in [5, 5.41) is 2.81. The van der Waals surface area contributed by atoms with Gasteiger partial charge in [0.05, 0.1) is 6.54 Å². The van der Waals surface area contributed by atoms with Gasteiger partial charge in [0.15, 0.2) is 0 Å². The summed E-state index contributed by atoms with van der Waals surface area (Å²) in [6.45, 7) is 5.66. The van der Waals surface area contributed by atoms with Gasteiger partial charge in [0.1, 0.15) is 5.82 Å². The van der Waals surface area contributed by atoms with Crippen molar-refractivity contribution in [1.82, 2.24) is 4.90 Å². The molecule has 0 atom stereocenters. The number of amides is 1. The van der Waals surface area contributed by atoms with Gasteiger partial charge in [0.25, 0.3) is 0 Å². The number of para-hydroxylation sites is 1. The van der Waals surface area contributed by atoms with Gasteiger partial charge in [-0.15, -0.1) is 0 Å². The highest BCUT2D eigenvalue weighted by Gasteiger charge is 2.19. The van der Waals surface area contributed by atoms with Crippen molar-refractivity contribution in [2.24, 2.45) is 0 Å². The highest BCUT2D eigenvalue weighted by molar-refractivity contribution is 5.93. The molecule has 4 nitrogen and oxygen atoms in total. The lowest BCUT2D eigenvalue weighted by Gasteiger charge is -2.35. The fourth-order valence-electron chi connectivity index (χ4n) is 2.92. The van der Waals surface area contributed by atoms with Crippen LogP contribution in [0.5, 0.6) is 0 Å². The summed E-state index contributed by atoms with van der Waals surface area (Å²) < 4.78 is 13.3. The number of benzene rings is 2. The van der Waals surface area contributed by atoms with Crippen LogP contribution in [0.2, 0.25) is 0 Å². The minimum absolute atomic E-state index is 0.100. The number of hydrogen-bond acceptors (Lipinski definition) is 3. The molecule has 0 saturated carbocycles. The van der Waals surface area contributed by atoms with Gasteiger partial charge >= 0.3 is 0 Å². The Morgan fingerprint density at radius 2 is 1.79 bits per heavy atom. The third kappa shape index (κ3) is 4.11. The average molecular weight is 327 g/mol. The molecule has 5 heteroatoms.